The van der Waals surface area contributed by atoms with Crippen LogP contribution in [0, 0.1) is 30.0 Å². The lowest BCUT2D eigenvalue weighted by atomic mass is 9.88. The number of anilines is 2. The predicted octanol–water partition coefficient (Wildman–Crippen LogP) is 4.92. The summed E-state index contributed by atoms with van der Waals surface area (Å²) < 4.78 is 15.8. The number of benzene rings is 1. The van der Waals surface area contributed by atoms with Crippen LogP contribution in [-0.4, -0.2) is 35.2 Å². The third-order valence-electron chi connectivity index (χ3n) is 7.73. The molecule has 2 aliphatic rings. The molecule has 2 aliphatic carbocycles. The molecule has 182 valence electrons. The zero-order chi connectivity index (χ0) is 24.7. The van der Waals surface area contributed by atoms with Gasteiger partial charge in [0.1, 0.15) is 23.1 Å². The van der Waals surface area contributed by atoms with Crippen LogP contribution in [0.25, 0.3) is 11.0 Å². The summed E-state index contributed by atoms with van der Waals surface area (Å²) in [6, 6.07) is 13.2. The topological polar surface area (TPSA) is 65.2 Å². The van der Waals surface area contributed by atoms with Gasteiger partial charge in [-0.05, 0) is 87.3 Å². The Labute approximate surface area is 205 Å². The van der Waals surface area contributed by atoms with Crippen LogP contribution in [0.2, 0.25) is 0 Å². The van der Waals surface area contributed by atoms with Gasteiger partial charge in [-0.15, -0.1) is 0 Å². The van der Waals surface area contributed by atoms with Gasteiger partial charge in [-0.1, -0.05) is 0 Å². The second kappa shape index (κ2) is 9.33. The zero-order valence-electron chi connectivity index (χ0n) is 20.7. The van der Waals surface area contributed by atoms with Gasteiger partial charge in [-0.25, -0.2) is 9.37 Å². The molecule has 0 N–H and O–H groups in total. The van der Waals surface area contributed by atoms with E-state index in [1.807, 2.05) is 14.0 Å². The molecule has 0 radical (unpaired) electrons. The number of nitriles is 1. The molecular formula is C28H32FN5O. The monoisotopic (exact) mass is 473 g/mol. The number of nitrogens with zero attached hydrogens (tertiary/aromatic N) is 5. The fourth-order valence-corrected chi connectivity index (χ4v) is 5.52. The lowest BCUT2D eigenvalue weighted by molar-refractivity contribution is 0.365. The lowest BCUT2D eigenvalue weighted by Crippen LogP contribution is -2.44. The van der Waals surface area contributed by atoms with Gasteiger partial charge in [0.15, 0.2) is 0 Å². The Morgan fingerprint density at radius 2 is 1.80 bits per heavy atom. The molecule has 0 spiro atoms. The molecule has 2 heterocycles. The van der Waals surface area contributed by atoms with Crippen molar-refractivity contribution < 1.29 is 4.39 Å². The van der Waals surface area contributed by atoms with Crippen LogP contribution in [0.5, 0.6) is 0 Å². The maximum Gasteiger partial charge on any atom is 0.252 e. The van der Waals surface area contributed by atoms with Crippen LogP contribution in [-0.2, 0) is 7.05 Å². The fourth-order valence-electron chi connectivity index (χ4n) is 5.52. The minimum atomic E-state index is -0.170. The average Bonchev–Trinajstić information content (AvgIpc) is 3.68. The smallest absolute Gasteiger partial charge is 0.252 e. The van der Waals surface area contributed by atoms with E-state index in [0.29, 0.717) is 23.2 Å². The van der Waals surface area contributed by atoms with Crippen LogP contribution in [0.4, 0.5) is 15.8 Å². The molecule has 5 rings (SSSR count). The van der Waals surface area contributed by atoms with E-state index in [-0.39, 0.29) is 17.4 Å². The Hall–Kier alpha value is -3.40. The first-order chi connectivity index (χ1) is 16.8. The highest BCUT2D eigenvalue weighted by atomic mass is 19.1. The van der Waals surface area contributed by atoms with Crippen molar-refractivity contribution in [2.75, 3.05) is 23.4 Å². The van der Waals surface area contributed by atoms with Gasteiger partial charge in [0.2, 0.25) is 0 Å². The highest BCUT2D eigenvalue weighted by Crippen LogP contribution is 2.37. The van der Waals surface area contributed by atoms with E-state index < -0.39 is 0 Å². The van der Waals surface area contributed by atoms with Gasteiger partial charge in [-0.2, -0.15) is 5.26 Å². The summed E-state index contributed by atoms with van der Waals surface area (Å²) in [7, 11) is 3.76. The molecular weight excluding hydrogens is 441 g/mol. The molecule has 2 saturated carbocycles. The van der Waals surface area contributed by atoms with Crippen molar-refractivity contribution in [3.8, 4) is 6.07 Å². The van der Waals surface area contributed by atoms with E-state index in [1.54, 1.807) is 41.9 Å². The average molecular weight is 474 g/mol. The number of hydrogen-bond acceptors (Lipinski definition) is 5. The summed E-state index contributed by atoms with van der Waals surface area (Å²) >= 11 is 0. The molecule has 35 heavy (non-hydrogen) atoms. The highest BCUT2D eigenvalue weighted by Gasteiger charge is 2.33. The van der Waals surface area contributed by atoms with Crippen molar-refractivity contribution in [1.82, 2.24) is 9.55 Å². The van der Waals surface area contributed by atoms with Crippen molar-refractivity contribution in [2.45, 2.75) is 57.5 Å². The second-order valence-electron chi connectivity index (χ2n) is 10.3. The van der Waals surface area contributed by atoms with Gasteiger partial charge >= 0.3 is 0 Å². The molecule has 3 aromatic rings. The maximum atomic E-state index is 14.2. The normalized spacial score (nSPS) is 20.0. The molecule has 0 bridgehead atoms. The third kappa shape index (κ3) is 4.75. The van der Waals surface area contributed by atoms with E-state index in [1.165, 1.54) is 12.8 Å². The summed E-state index contributed by atoms with van der Waals surface area (Å²) in [5, 5.41) is 9.35. The van der Waals surface area contributed by atoms with Crippen molar-refractivity contribution in [1.29, 1.82) is 5.26 Å². The number of hydrogen-bond donors (Lipinski definition) is 0. The van der Waals surface area contributed by atoms with Crippen molar-refractivity contribution in [2.24, 2.45) is 13.0 Å². The summed E-state index contributed by atoms with van der Waals surface area (Å²) in [5.74, 6) is 0.544. The fraction of sp³-hybridized carbons (Fsp3) is 0.464. The van der Waals surface area contributed by atoms with Crippen LogP contribution in [0.3, 0.4) is 0 Å². The van der Waals surface area contributed by atoms with Crippen LogP contribution in [0.1, 0.15) is 49.8 Å². The largest absolute Gasteiger partial charge is 0.370 e. The van der Waals surface area contributed by atoms with Gasteiger partial charge in [0.25, 0.3) is 5.56 Å². The molecule has 2 fully saturated rings. The first-order valence-corrected chi connectivity index (χ1v) is 12.5. The number of aryl methyl sites for hydroxylation is 2. The molecule has 2 aromatic heterocycles. The van der Waals surface area contributed by atoms with E-state index in [9.17, 15) is 14.4 Å². The van der Waals surface area contributed by atoms with Crippen LogP contribution in [0.15, 0.2) is 41.2 Å². The third-order valence-corrected chi connectivity index (χ3v) is 7.73. The molecule has 0 unspecified atom stereocenters. The number of aromatic nitrogens is 2. The predicted molar refractivity (Wildman–Crippen MR) is 137 cm³/mol. The highest BCUT2D eigenvalue weighted by molar-refractivity contribution is 5.88. The van der Waals surface area contributed by atoms with Gasteiger partial charge in [0, 0.05) is 44.5 Å². The number of pyridine rings is 2. The second-order valence-corrected chi connectivity index (χ2v) is 10.3. The standard InChI is InChI=1S/C28H32FN5O/c1-18-12-20(29)14-24(13-18)34(17-19-4-5-19)23-9-7-22(8-10-23)32(2)26-15-27(35)33(3)25-11-6-21(16-30)31-28(25)26/h6,11-15,19,22-23H,4-5,7-10,17H2,1-3H3/t22-,23-. The van der Waals surface area contributed by atoms with Crippen molar-refractivity contribution in [3.05, 3.63) is 63.8 Å². The Balaban J connectivity index is 1.38. The first kappa shape index (κ1) is 23.3. The molecule has 0 amide bonds. The maximum absolute atomic E-state index is 14.2. The molecule has 6 nitrogen and oxygen atoms in total. The van der Waals surface area contributed by atoms with Gasteiger partial charge in [0.05, 0.1) is 11.2 Å². The minimum Gasteiger partial charge on any atom is -0.370 e. The molecule has 0 aliphatic heterocycles. The van der Waals surface area contributed by atoms with E-state index >= 15 is 0 Å². The number of rotatable bonds is 6. The Morgan fingerprint density at radius 1 is 1.09 bits per heavy atom. The molecule has 0 saturated heterocycles. The Kier molecular flexibility index (Phi) is 6.22. The zero-order valence-corrected chi connectivity index (χ0v) is 20.7. The van der Waals surface area contributed by atoms with Crippen LogP contribution >= 0.6 is 0 Å². The molecule has 1 aromatic carbocycles. The lowest BCUT2D eigenvalue weighted by Gasteiger charge is -2.41. The summed E-state index contributed by atoms with van der Waals surface area (Å²) in [6.45, 7) is 2.95. The van der Waals surface area contributed by atoms with Gasteiger partial charge < -0.3 is 14.4 Å². The quantitative estimate of drug-likeness (QED) is 0.509. The summed E-state index contributed by atoms with van der Waals surface area (Å²) in [6.07, 6.45) is 6.50. The number of halogens is 1. The molecule has 7 heteroatoms. The SMILES string of the molecule is Cc1cc(F)cc(N(CC2CC2)[C@H]2CC[C@H](N(C)c3cc(=O)n(C)c4ccc(C#N)nc34)CC2)c1. The van der Waals surface area contributed by atoms with Crippen molar-refractivity contribution in [3.63, 3.8) is 0 Å². The minimum absolute atomic E-state index is 0.0865. The number of fused-ring (bicyclic) bond motifs is 1. The molecule has 0 atom stereocenters. The van der Waals surface area contributed by atoms with E-state index in [4.69, 9.17) is 0 Å². The van der Waals surface area contributed by atoms with Crippen molar-refractivity contribution >= 4 is 22.4 Å². The first-order valence-electron chi connectivity index (χ1n) is 12.5. The van der Waals surface area contributed by atoms with Crippen LogP contribution < -0.4 is 15.4 Å². The van der Waals surface area contributed by atoms with Gasteiger partial charge in [-0.3, -0.25) is 4.79 Å². The Morgan fingerprint density at radius 3 is 2.46 bits per heavy atom. The summed E-state index contributed by atoms with van der Waals surface area (Å²) in [5.41, 5.74) is 4.39. The van der Waals surface area contributed by atoms with E-state index in [2.05, 4.69) is 26.9 Å². The van der Waals surface area contributed by atoms with E-state index in [0.717, 1.165) is 54.7 Å². The summed E-state index contributed by atoms with van der Waals surface area (Å²) in [4.78, 5) is 21.8. The Bertz CT molecular complexity index is 1330.